The summed E-state index contributed by atoms with van der Waals surface area (Å²) >= 11 is 0. The number of benzene rings is 3. The Morgan fingerprint density at radius 1 is 0.806 bits per heavy atom. The molecule has 0 atom stereocenters. The average molecular weight is 430 g/mol. The van der Waals surface area contributed by atoms with Crippen LogP contribution in [0, 0.1) is 0 Å². The lowest BCUT2D eigenvalue weighted by Gasteiger charge is -2.30. The molecule has 6 heteroatoms. The van der Waals surface area contributed by atoms with Crippen molar-refractivity contribution >= 4 is 15.7 Å². The summed E-state index contributed by atoms with van der Waals surface area (Å²) in [6.45, 7) is 2.09. The van der Waals surface area contributed by atoms with Crippen LogP contribution in [-0.2, 0) is 9.84 Å². The Morgan fingerprint density at radius 3 is 2.16 bits per heavy atom. The van der Waals surface area contributed by atoms with Crippen LogP contribution in [0.25, 0.3) is 28.2 Å². The summed E-state index contributed by atoms with van der Waals surface area (Å²) in [4.78, 5) is 7.53. The summed E-state index contributed by atoms with van der Waals surface area (Å²) in [5.41, 5.74) is 3.93. The van der Waals surface area contributed by atoms with Gasteiger partial charge in [0.05, 0.1) is 11.1 Å². The van der Waals surface area contributed by atoms with Crippen LogP contribution in [0.15, 0.2) is 90.0 Å². The number of sulfone groups is 1. The van der Waals surface area contributed by atoms with Crippen LogP contribution >= 0.6 is 0 Å². The van der Waals surface area contributed by atoms with Crippen LogP contribution in [0.3, 0.4) is 0 Å². The van der Waals surface area contributed by atoms with Crippen molar-refractivity contribution in [3.05, 3.63) is 85.1 Å². The molecular formula is C25H23N3O2S. The van der Waals surface area contributed by atoms with Crippen molar-refractivity contribution in [1.82, 2.24) is 9.55 Å². The lowest BCUT2D eigenvalue weighted by Crippen LogP contribution is -2.37. The van der Waals surface area contributed by atoms with Gasteiger partial charge in [0.1, 0.15) is 11.6 Å². The van der Waals surface area contributed by atoms with E-state index in [1.807, 2.05) is 36.4 Å². The van der Waals surface area contributed by atoms with Crippen LogP contribution in [0.5, 0.6) is 0 Å². The molecule has 3 aromatic carbocycles. The number of anilines is 1. The SMILES string of the molecule is CS(=O)(=O)c1cccc(-c2ccc(-n3cc(N4CCC4)nc3-c3ccccc3)cc2)c1. The molecule has 2 heterocycles. The fraction of sp³-hybridized carbons (Fsp3) is 0.160. The van der Waals surface area contributed by atoms with E-state index < -0.39 is 9.84 Å². The third-order valence-corrected chi connectivity index (χ3v) is 6.76. The van der Waals surface area contributed by atoms with Crippen molar-refractivity contribution in [2.45, 2.75) is 11.3 Å². The fourth-order valence-electron chi connectivity index (χ4n) is 3.77. The molecule has 0 saturated carbocycles. The normalized spacial score (nSPS) is 13.8. The second-order valence-electron chi connectivity index (χ2n) is 7.85. The maximum Gasteiger partial charge on any atom is 0.175 e. The largest absolute Gasteiger partial charge is 0.355 e. The fourth-order valence-corrected chi connectivity index (χ4v) is 4.44. The summed E-state index contributed by atoms with van der Waals surface area (Å²) < 4.78 is 25.9. The van der Waals surface area contributed by atoms with Crippen LogP contribution in [0.1, 0.15) is 6.42 Å². The molecule has 1 aliphatic rings. The quantitative estimate of drug-likeness (QED) is 0.456. The first-order chi connectivity index (χ1) is 15.0. The van der Waals surface area contributed by atoms with Gasteiger partial charge in [-0.2, -0.15) is 0 Å². The number of aromatic nitrogens is 2. The zero-order chi connectivity index (χ0) is 21.4. The average Bonchev–Trinajstić information content (AvgIpc) is 3.17. The minimum absolute atomic E-state index is 0.328. The number of imidazole rings is 1. The van der Waals surface area contributed by atoms with Gasteiger partial charge in [0.2, 0.25) is 0 Å². The van der Waals surface area contributed by atoms with E-state index in [0.29, 0.717) is 4.90 Å². The van der Waals surface area contributed by atoms with Gasteiger partial charge in [0, 0.05) is 30.6 Å². The molecule has 4 aromatic rings. The highest BCUT2D eigenvalue weighted by Gasteiger charge is 2.20. The van der Waals surface area contributed by atoms with Gasteiger partial charge in [0.15, 0.2) is 9.84 Å². The number of nitrogens with zero attached hydrogens (tertiary/aromatic N) is 3. The highest BCUT2D eigenvalue weighted by atomic mass is 32.2. The van der Waals surface area contributed by atoms with E-state index in [-0.39, 0.29) is 0 Å². The molecule has 156 valence electrons. The minimum Gasteiger partial charge on any atom is -0.355 e. The van der Waals surface area contributed by atoms with Crippen molar-refractivity contribution in [3.63, 3.8) is 0 Å². The first kappa shape index (κ1) is 19.6. The number of hydrogen-bond acceptors (Lipinski definition) is 4. The maximum atomic E-state index is 11.9. The first-order valence-electron chi connectivity index (χ1n) is 10.3. The molecule has 0 amide bonds. The summed E-state index contributed by atoms with van der Waals surface area (Å²) in [6.07, 6.45) is 4.53. The Kier molecular flexibility index (Phi) is 4.87. The van der Waals surface area contributed by atoms with Crippen molar-refractivity contribution in [2.24, 2.45) is 0 Å². The van der Waals surface area contributed by atoms with Gasteiger partial charge in [0.25, 0.3) is 0 Å². The van der Waals surface area contributed by atoms with E-state index in [2.05, 4.69) is 39.9 Å². The van der Waals surface area contributed by atoms with Crippen molar-refractivity contribution in [2.75, 3.05) is 24.2 Å². The maximum absolute atomic E-state index is 11.9. The van der Waals surface area contributed by atoms with Crippen LogP contribution in [0.4, 0.5) is 5.82 Å². The third kappa shape index (κ3) is 3.86. The van der Waals surface area contributed by atoms with Gasteiger partial charge in [-0.15, -0.1) is 0 Å². The monoisotopic (exact) mass is 429 g/mol. The Labute approximate surface area is 182 Å². The molecule has 1 aliphatic heterocycles. The Balaban J connectivity index is 1.53. The van der Waals surface area contributed by atoms with Crippen molar-refractivity contribution in [1.29, 1.82) is 0 Å². The molecule has 0 radical (unpaired) electrons. The van der Waals surface area contributed by atoms with Gasteiger partial charge in [-0.05, 0) is 41.8 Å². The van der Waals surface area contributed by atoms with Crippen LogP contribution < -0.4 is 4.90 Å². The Bertz CT molecular complexity index is 1320. The molecule has 31 heavy (non-hydrogen) atoms. The van der Waals surface area contributed by atoms with Gasteiger partial charge in [-0.3, -0.25) is 4.57 Å². The van der Waals surface area contributed by atoms with Crippen molar-refractivity contribution in [3.8, 4) is 28.2 Å². The molecule has 0 spiro atoms. The zero-order valence-electron chi connectivity index (χ0n) is 17.3. The van der Waals surface area contributed by atoms with E-state index in [0.717, 1.165) is 47.1 Å². The number of rotatable bonds is 5. The highest BCUT2D eigenvalue weighted by Crippen LogP contribution is 2.30. The lowest BCUT2D eigenvalue weighted by molar-refractivity contribution is 0.602. The van der Waals surface area contributed by atoms with Gasteiger partial charge in [-0.25, -0.2) is 13.4 Å². The van der Waals surface area contributed by atoms with E-state index in [1.165, 1.54) is 12.7 Å². The Hall–Kier alpha value is -3.38. The standard InChI is InChI=1S/C25H23N3O2S/c1-31(29,30)23-10-5-9-21(17-23)19-11-13-22(14-12-19)28-18-24(27-15-6-16-27)26-25(28)20-7-3-2-4-8-20/h2-5,7-14,17-18H,6,15-16H2,1H3. The molecular weight excluding hydrogens is 406 g/mol. The molecule has 0 bridgehead atoms. The summed E-state index contributed by atoms with van der Waals surface area (Å²) in [5.74, 6) is 1.91. The minimum atomic E-state index is -3.24. The Morgan fingerprint density at radius 2 is 1.52 bits per heavy atom. The van der Waals surface area contributed by atoms with E-state index in [1.54, 1.807) is 18.2 Å². The molecule has 1 aromatic heterocycles. The summed E-state index contributed by atoms with van der Waals surface area (Å²) in [5, 5.41) is 0. The molecule has 0 aliphatic carbocycles. The topological polar surface area (TPSA) is 55.2 Å². The lowest BCUT2D eigenvalue weighted by atomic mass is 10.1. The summed E-state index contributed by atoms with van der Waals surface area (Å²) in [7, 11) is -3.24. The van der Waals surface area contributed by atoms with E-state index >= 15 is 0 Å². The molecule has 5 rings (SSSR count). The molecule has 0 N–H and O–H groups in total. The second kappa shape index (κ2) is 7.71. The third-order valence-electron chi connectivity index (χ3n) is 5.65. The smallest absolute Gasteiger partial charge is 0.175 e. The van der Waals surface area contributed by atoms with Crippen molar-refractivity contribution < 1.29 is 8.42 Å². The molecule has 1 saturated heterocycles. The van der Waals surface area contributed by atoms with Gasteiger partial charge in [-0.1, -0.05) is 54.6 Å². The van der Waals surface area contributed by atoms with Gasteiger partial charge < -0.3 is 4.90 Å². The molecule has 1 fully saturated rings. The zero-order valence-corrected chi connectivity index (χ0v) is 18.1. The highest BCUT2D eigenvalue weighted by molar-refractivity contribution is 7.90. The predicted molar refractivity (Wildman–Crippen MR) is 124 cm³/mol. The summed E-state index contributed by atoms with van der Waals surface area (Å²) in [6, 6.07) is 25.4. The molecule has 5 nitrogen and oxygen atoms in total. The van der Waals surface area contributed by atoms with Gasteiger partial charge >= 0.3 is 0 Å². The first-order valence-corrected chi connectivity index (χ1v) is 12.2. The van der Waals surface area contributed by atoms with Crippen LogP contribution in [-0.4, -0.2) is 37.3 Å². The molecule has 0 unspecified atom stereocenters. The predicted octanol–water partition coefficient (Wildman–Crippen LogP) is 4.82. The van der Waals surface area contributed by atoms with E-state index in [9.17, 15) is 8.42 Å². The van der Waals surface area contributed by atoms with E-state index in [4.69, 9.17) is 4.98 Å². The second-order valence-corrected chi connectivity index (χ2v) is 9.86. The van der Waals surface area contributed by atoms with Crippen LogP contribution in [0.2, 0.25) is 0 Å². The number of hydrogen-bond donors (Lipinski definition) is 0.